The number of hydrogen-bond donors (Lipinski definition) is 1. The van der Waals surface area contributed by atoms with Crippen molar-refractivity contribution in [2.75, 3.05) is 13.7 Å². The highest BCUT2D eigenvalue weighted by Gasteiger charge is 2.26. The van der Waals surface area contributed by atoms with E-state index in [0.29, 0.717) is 30.0 Å². The van der Waals surface area contributed by atoms with Crippen molar-refractivity contribution in [3.63, 3.8) is 0 Å². The van der Waals surface area contributed by atoms with Crippen molar-refractivity contribution < 1.29 is 18.7 Å². The summed E-state index contributed by atoms with van der Waals surface area (Å²) in [5.41, 5.74) is 1.29. The molecule has 22 heavy (non-hydrogen) atoms. The van der Waals surface area contributed by atoms with Crippen molar-refractivity contribution in [1.29, 1.82) is 0 Å². The molecular formula is C17H16FNO3. The number of nitrogens with one attached hydrogen (secondary N) is 1. The number of ether oxygens (including phenoxy) is 2. The van der Waals surface area contributed by atoms with Gasteiger partial charge in [-0.1, -0.05) is 24.3 Å². The third kappa shape index (κ3) is 2.74. The van der Waals surface area contributed by atoms with E-state index in [1.807, 2.05) is 6.07 Å². The van der Waals surface area contributed by atoms with E-state index < -0.39 is 0 Å². The molecule has 5 heteroatoms. The maximum atomic E-state index is 13.6. The van der Waals surface area contributed by atoms with E-state index in [2.05, 4.69) is 5.32 Å². The van der Waals surface area contributed by atoms with Gasteiger partial charge in [-0.05, 0) is 18.2 Å². The molecule has 0 unspecified atom stereocenters. The van der Waals surface area contributed by atoms with Crippen LogP contribution in [-0.4, -0.2) is 25.7 Å². The van der Waals surface area contributed by atoms with E-state index in [0.717, 1.165) is 5.56 Å². The average Bonchev–Trinajstić information content (AvgIpc) is 2.97. The quantitative estimate of drug-likeness (QED) is 0.944. The number of amides is 1. The van der Waals surface area contributed by atoms with Gasteiger partial charge in [0.1, 0.15) is 11.9 Å². The van der Waals surface area contributed by atoms with Crippen molar-refractivity contribution in [2.45, 2.75) is 12.5 Å². The number of fused-ring (bicyclic) bond motifs is 1. The van der Waals surface area contributed by atoms with Crippen LogP contribution in [0.4, 0.5) is 4.39 Å². The third-order valence-electron chi connectivity index (χ3n) is 3.62. The van der Waals surface area contributed by atoms with E-state index in [9.17, 15) is 9.18 Å². The number of para-hydroxylation sites is 2. The lowest BCUT2D eigenvalue weighted by atomic mass is 10.1. The van der Waals surface area contributed by atoms with Crippen LogP contribution in [0.2, 0.25) is 0 Å². The van der Waals surface area contributed by atoms with Crippen molar-refractivity contribution in [2.24, 2.45) is 0 Å². The fraction of sp³-hybridized carbons (Fsp3) is 0.235. The van der Waals surface area contributed by atoms with Gasteiger partial charge in [0.05, 0.1) is 19.2 Å². The summed E-state index contributed by atoms with van der Waals surface area (Å²) in [7, 11) is 1.52. The van der Waals surface area contributed by atoms with Crippen LogP contribution in [0.3, 0.4) is 0 Å². The Hall–Kier alpha value is -2.56. The van der Waals surface area contributed by atoms with Crippen molar-refractivity contribution in [3.8, 4) is 11.5 Å². The summed E-state index contributed by atoms with van der Waals surface area (Å²) >= 11 is 0. The zero-order valence-electron chi connectivity index (χ0n) is 12.1. The SMILES string of the molecule is COc1ccccc1C(=O)NC[C@@H]1Cc2cccc(F)c2O1. The number of hydrogen-bond acceptors (Lipinski definition) is 3. The van der Waals surface area contributed by atoms with Gasteiger partial charge < -0.3 is 14.8 Å². The smallest absolute Gasteiger partial charge is 0.255 e. The first-order valence-electron chi connectivity index (χ1n) is 7.04. The van der Waals surface area contributed by atoms with Crippen molar-refractivity contribution in [3.05, 3.63) is 59.4 Å². The molecule has 3 rings (SSSR count). The number of methoxy groups -OCH3 is 1. The minimum atomic E-state index is -0.365. The zero-order valence-corrected chi connectivity index (χ0v) is 12.1. The summed E-state index contributed by atoms with van der Waals surface area (Å²) in [5, 5.41) is 2.80. The first kappa shape index (κ1) is 14.4. The molecule has 1 heterocycles. The predicted octanol–water partition coefficient (Wildman–Crippen LogP) is 2.57. The Morgan fingerprint density at radius 3 is 2.91 bits per heavy atom. The molecular weight excluding hydrogens is 285 g/mol. The molecule has 0 fully saturated rings. The molecule has 0 aromatic heterocycles. The van der Waals surface area contributed by atoms with Crippen LogP contribution in [-0.2, 0) is 6.42 Å². The maximum Gasteiger partial charge on any atom is 0.255 e. The normalized spacial score (nSPS) is 15.8. The van der Waals surface area contributed by atoms with Gasteiger partial charge in [-0.25, -0.2) is 4.39 Å². The summed E-state index contributed by atoms with van der Waals surface area (Å²) in [4.78, 5) is 12.2. The van der Waals surface area contributed by atoms with Crippen LogP contribution >= 0.6 is 0 Å². The molecule has 2 aromatic carbocycles. The summed E-state index contributed by atoms with van der Waals surface area (Å²) in [6.07, 6.45) is 0.324. The number of benzene rings is 2. The van der Waals surface area contributed by atoms with Crippen LogP contribution < -0.4 is 14.8 Å². The third-order valence-corrected chi connectivity index (χ3v) is 3.62. The van der Waals surface area contributed by atoms with Crippen LogP contribution in [0.15, 0.2) is 42.5 Å². The fourth-order valence-electron chi connectivity index (χ4n) is 2.55. The van der Waals surface area contributed by atoms with E-state index in [-0.39, 0.29) is 17.8 Å². The lowest BCUT2D eigenvalue weighted by Gasteiger charge is -2.13. The van der Waals surface area contributed by atoms with Gasteiger partial charge in [-0.15, -0.1) is 0 Å². The summed E-state index contributed by atoms with van der Waals surface area (Å²) in [6, 6.07) is 11.9. The average molecular weight is 301 g/mol. The molecule has 4 nitrogen and oxygen atoms in total. The van der Waals surface area contributed by atoms with E-state index in [4.69, 9.17) is 9.47 Å². The second-order valence-electron chi connectivity index (χ2n) is 5.08. The second kappa shape index (κ2) is 6.05. The lowest BCUT2D eigenvalue weighted by molar-refractivity contribution is 0.0930. The number of halogens is 1. The Balaban J connectivity index is 1.62. The van der Waals surface area contributed by atoms with Gasteiger partial charge in [0.2, 0.25) is 0 Å². The molecule has 1 amide bonds. The summed E-state index contributed by atoms with van der Waals surface area (Å²) in [6.45, 7) is 0.311. The number of carbonyl (C=O) groups excluding carboxylic acids is 1. The minimum absolute atomic E-state index is 0.238. The van der Waals surface area contributed by atoms with E-state index >= 15 is 0 Å². The molecule has 1 aliphatic heterocycles. The number of carbonyl (C=O) groups is 1. The fourth-order valence-corrected chi connectivity index (χ4v) is 2.55. The topological polar surface area (TPSA) is 47.6 Å². The largest absolute Gasteiger partial charge is 0.496 e. The van der Waals surface area contributed by atoms with Gasteiger partial charge in [-0.2, -0.15) is 0 Å². The highest BCUT2D eigenvalue weighted by atomic mass is 19.1. The molecule has 0 spiro atoms. The highest BCUT2D eigenvalue weighted by molar-refractivity contribution is 5.96. The number of rotatable bonds is 4. The molecule has 1 N–H and O–H groups in total. The maximum absolute atomic E-state index is 13.6. The standard InChI is InChI=1S/C17H16FNO3/c1-21-15-8-3-2-6-13(15)17(20)19-10-12-9-11-5-4-7-14(18)16(11)22-12/h2-8,12H,9-10H2,1H3,(H,19,20)/t12-/m0/s1. The van der Waals surface area contributed by atoms with Crippen LogP contribution in [0.1, 0.15) is 15.9 Å². The Labute approximate surface area is 127 Å². The summed E-state index contributed by atoms with van der Waals surface area (Å²) in [5.74, 6) is 0.203. The van der Waals surface area contributed by atoms with E-state index in [1.165, 1.54) is 13.2 Å². The van der Waals surface area contributed by atoms with Crippen molar-refractivity contribution in [1.82, 2.24) is 5.32 Å². The molecule has 0 radical (unpaired) electrons. The Morgan fingerprint density at radius 2 is 2.14 bits per heavy atom. The van der Waals surface area contributed by atoms with Crippen molar-refractivity contribution >= 4 is 5.91 Å². The Bertz CT molecular complexity index is 702. The first-order valence-corrected chi connectivity index (χ1v) is 7.04. The van der Waals surface area contributed by atoms with Gasteiger partial charge in [0, 0.05) is 12.0 Å². The lowest BCUT2D eigenvalue weighted by Crippen LogP contribution is -2.34. The van der Waals surface area contributed by atoms with Crippen LogP contribution in [0.25, 0.3) is 0 Å². The van der Waals surface area contributed by atoms with Gasteiger partial charge >= 0.3 is 0 Å². The molecule has 2 aromatic rings. The van der Waals surface area contributed by atoms with Gasteiger partial charge in [0.25, 0.3) is 5.91 Å². The first-order chi connectivity index (χ1) is 10.7. The molecule has 1 atom stereocenters. The molecule has 1 aliphatic rings. The van der Waals surface area contributed by atoms with E-state index in [1.54, 1.807) is 30.3 Å². The zero-order chi connectivity index (χ0) is 15.5. The molecule has 0 bridgehead atoms. The van der Waals surface area contributed by atoms with Crippen LogP contribution in [0, 0.1) is 5.82 Å². The van der Waals surface area contributed by atoms with Crippen LogP contribution in [0.5, 0.6) is 11.5 Å². The molecule has 0 saturated heterocycles. The highest BCUT2D eigenvalue weighted by Crippen LogP contribution is 2.31. The Morgan fingerprint density at radius 1 is 1.32 bits per heavy atom. The molecule has 0 aliphatic carbocycles. The minimum Gasteiger partial charge on any atom is -0.496 e. The second-order valence-corrected chi connectivity index (χ2v) is 5.08. The Kier molecular flexibility index (Phi) is 3.96. The predicted molar refractivity (Wildman–Crippen MR) is 79.8 cm³/mol. The summed E-state index contributed by atoms with van der Waals surface area (Å²) < 4.78 is 24.3. The molecule has 114 valence electrons. The van der Waals surface area contributed by atoms with Gasteiger partial charge in [-0.3, -0.25) is 4.79 Å². The monoisotopic (exact) mass is 301 g/mol. The molecule has 0 saturated carbocycles. The van der Waals surface area contributed by atoms with Gasteiger partial charge in [0.15, 0.2) is 11.6 Å².